The number of nitrogens with two attached hydrogens (primary N) is 1. The smallest absolute Gasteiger partial charge is 0.296 e. The second kappa shape index (κ2) is 10.2. The fourth-order valence-corrected chi connectivity index (χ4v) is 5.40. The Labute approximate surface area is 222 Å². The van der Waals surface area contributed by atoms with Crippen molar-refractivity contribution in [2.45, 2.75) is 14.7 Å². The van der Waals surface area contributed by atoms with Gasteiger partial charge in [-0.05, 0) is 60.7 Å². The van der Waals surface area contributed by atoms with Gasteiger partial charge in [0.2, 0.25) is 0 Å². The van der Waals surface area contributed by atoms with Crippen LogP contribution in [-0.4, -0.2) is 38.9 Å². The number of hydrazine groups is 1. The molecular formula is C22H19N5O9S3. The van der Waals surface area contributed by atoms with Crippen LogP contribution in [0.2, 0.25) is 0 Å². The van der Waals surface area contributed by atoms with Gasteiger partial charge in [0.25, 0.3) is 30.4 Å². The van der Waals surface area contributed by atoms with Gasteiger partial charge in [-0.2, -0.15) is 25.3 Å². The summed E-state index contributed by atoms with van der Waals surface area (Å²) in [6.07, 6.45) is 0. The highest BCUT2D eigenvalue weighted by Gasteiger charge is 2.19. The molecule has 0 fully saturated rings. The highest BCUT2D eigenvalue weighted by Crippen LogP contribution is 2.36. The molecule has 0 unspecified atom stereocenters. The molecule has 0 heterocycles. The molecule has 4 rings (SSSR count). The zero-order valence-electron chi connectivity index (χ0n) is 19.4. The molecule has 204 valence electrons. The second-order valence-corrected chi connectivity index (χ2v) is 12.1. The molecule has 0 aromatic heterocycles. The summed E-state index contributed by atoms with van der Waals surface area (Å²) in [7, 11) is -13.8. The number of hydrogen-bond donors (Lipinski definition) is 6. The van der Waals surface area contributed by atoms with Gasteiger partial charge in [-0.1, -0.05) is 12.1 Å². The fraction of sp³-hybridized carbons (Fsp3) is 0. The van der Waals surface area contributed by atoms with E-state index in [1.54, 1.807) is 0 Å². The molecule has 14 nitrogen and oxygen atoms in total. The lowest BCUT2D eigenvalue weighted by atomic mass is 10.1. The van der Waals surface area contributed by atoms with E-state index in [2.05, 4.69) is 21.1 Å². The molecule has 0 aliphatic heterocycles. The predicted octanol–water partition coefficient (Wildman–Crippen LogP) is 4.02. The summed E-state index contributed by atoms with van der Waals surface area (Å²) in [5.41, 5.74) is 11.7. The van der Waals surface area contributed by atoms with Crippen molar-refractivity contribution in [2.75, 3.05) is 16.6 Å². The minimum atomic E-state index is -4.79. The third-order valence-corrected chi connectivity index (χ3v) is 7.94. The first-order valence-corrected chi connectivity index (χ1v) is 14.9. The van der Waals surface area contributed by atoms with Crippen LogP contribution in [0.15, 0.2) is 97.7 Å². The van der Waals surface area contributed by atoms with Crippen LogP contribution in [0.25, 0.3) is 10.8 Å². The van der Waals surface area contributed by atoms with Crippen LogP contribution in [0, 0.1) is 0 Å². The Morgan fingerprint density at radius 1 is 0.615 bits per heavy atom. The summed E-state index contributed by atoms with van der Waals surface area (Å²) >= 11 is 0. The topological polar surface area (TPSA) is 238 Å². The molecule has 7 N–H and O–H groups in total. The predicted molar refractivity (Wildman–Crippen MR) is 142 cm³/mol. The van der Waals surface area contributed by atoms with E-state index in [9.17, 15) is 34.4 Å². The van der Waals surface area contributed by atoms with Gasteiger partial charge in [0.15, 0.2) is 0 Å². The van der Waals surface area contributed by atoms with Crippen LogP contribution < -0.4 is 16.6 Å². The summed E-state index contributed by atoms with van der Waals surface area (Å²) in [5, 5.41) is 8.13. The van der Waals surface area contributed by atoms with Crippen molar-refractivity contribution < 1.29 is 38.9 Å². The van der Waals surface area contributed by atoms with Crippen molar-refractivity contribution in [1.29, 1.82) is 0 Å². The van der Waals surface area contributed by atoms with Gasteiger partial charge in [-0.25, -0.2) is 0 Å². The molecule has 0 saturated heterocycles. The van der Waals surface area contributed by atoms with Gasteiger partial charge in [-0.15, -0.1) is 10.2 Å². The van der Waals surface area contributed by atoms with Crippen molar-refractivity contribution in [2.24, 2.45) is 10.2 Å². The highest BCUT2D eigenvalue weighted by atomic mass is 32.2. The average Bonchev–Trinajstić information content (AvgIpc) is 2.86. The van der Waals surface area contributed by atoms with Gasteiger partial charge in [0, 0.05) is 16.5 Å². The maximum Gasteiger partial charge on any atom is 0.296 e. The van der Waals surface area contributed by atoms with Gasteiger partial charge in [0.1, 0.15) is 15.5 Å². The minimum absolute atomic E-state index is 0.00157. The van der Waals surface area contributed by atoms with Crippen molar-refractivity contribution in [3.8, 4) is 0 Å². The average molecular weight is 594 g/mol. The largest absolute Gasteiger partial charge is 0.398 e. The number of nitrogen functional groups attached to an aromatic ring is 1. The third kappa shape index (κ3) is 6.30. The lowest BCUT2D eigenvalue weighted by Crippen LogP contribution is -2.10. The first-order valence-electron chi connectivity index (χ1n) is 10.6. The molecule has 0 radical (unpaired) electrons. The normalized spacial score (nSPS) is 12.6. The maximum atomic E-state index is 12.0. The molecule has 0 bridgehead atoms. The summed E-state index contributed by atoms with van der Waals surface area (Å²) in [4.78, 5) is -1.37. The molecule has 0 atom stereocenters. The number of anilines is 3. The third-order valence-electron chi connectivity index (χ3n) is 5.30. The minimum Gasteiger partial charge on any atom is -0.398 e. The van der Waals surface area contributed by atoms with Crippen LogP contribution in [0.5, 0.6) is 0 Å². The fourth-order valence-electron chi connectivity index (χ4n) is 3.53. The molecule has 0 spiro atoms. The van der Waals surface area contributed by atoms with Crippen molar-refractivity contribution in [3.63, 3.8) is 0 Å². The van der Waals surface area contributed by atoms with E-state index in [-0.39, 0.29) is 38.4 Å². The number of hydrogen-bond acceptors (Lipinski definition) is 11. The van der Waals surface area contributed by atoms with Gasteiger partial charge < -0.3 is 16.6 Å². The molecule has 0 aliphatic carbocycles. The van der Waals surface area contributed by atoms with E-state index in [0.717, 1.165) is 24.3 Å². The van der Waals surface area contributed by atoms with Crippen LogP contribution >= 0.6 is 0 Å². The number of rotatable bonds is 8. The van der Waals surface area contributed by atoms with Crippen molar-refractivity contribution >= 4 is 69.6 Å². The molecular weight excluding hydrogens is 574 g/mol. The van der Waals surface area contributed by atoms with E-state index in [1.807, 2.05) is 0 Å². The monoisotopic (exact) mass is 593 g/mol. The summed E-state index contributed by atoms with van der Waals surface area (Å²) in [5.74, 6) is 0. The first kappa shape index (κ1) is 27.9. The highest BCUT2D eigenvalue weighted by molar-refractivity contribution is 7.86. The summed E-state index contributed by atoms with van der Waals surface area (Å²) < 4.78 is 98.3. The molecule has 0 saturated carbocycles. The quantitative estimate of drug-likeness (QED) is 0.0735. The Bertz CT molecular complexity index is 1940. The Hall–Kier alpha value is -4.13. The summed E-state index contributed by atoms with van der Waals surface area (Å²) in [6, 6.07) is 15.4. The number of benzene rings is 4. The number of azo groups is 1. The molecule has 4 aromatic carbocycles. The lowest BCUT2D eigenvalue weighted by molar-refractivity contribution is 0.481. The Morgan fingerprint density at radius 2 is 1.18 bits per heavy atom. The van der Waals surface area contributed by atoms with Gasteiger partial charge in [0.05, 0.1) is 22.0 Å². The van der Waals surface area contributed by atoms with E-state index >= 15 is 0 Å². The second-order valence-electron chi connectivity index (χ2n) is 7.93. The number of fused-ring (bicyclic) bond motifs is 1. The maximum absolute atomic E-state index is 12.0. The first-order chi connectivity index (χ1) is 18.1. The Morgan fingerprint density at radius 3 is 1.79 bits per heavy atom. The van der Waals surface area contributed by atoms with Crippen LogP contribution in [0.4, 0.5) is 28.4 Å². The van der Waals surface area contributed by atoms with Crippen molar-refractivity contribution in [1.82, 2.24) is 0 Å². The van der Waals surface area contributed by atoms with Crippen LogP contribution in [0.3, 0.4) is 0 Å². The zero-order chi connectivity index (χ0) is 28.6. The summed E-state index contributed by atoms with van der Waals surface area (Å²) in [6.45, 7) is 0. The van der Waals surface area contributed by atoms with Gasteiger partial charge >= 0.3 is 0 Å². The zero-order valence-corrected chi connectivity index (χ0v) is 21.9. The molecule has 4 aromatic rings. The van der Waals surface area contributed by atoms with Crippen LogP contribution in [-0.2, 0) is 30.4 Å². The lowest BCUT2D eigenvalue weighted by Gasteiger charge is -2.12. The van der Waals surface area contributed by atoms with Crippen LogP contribution in [0.1, 0.15) is 0 Å². The molecule has 0 amide bonds. The molecule has 39 heavy (non-hydrogen) atoms. The van der Waals surface area contributed by atoms with Gasteiger partial charge in [-0.3, -0.25) is 13.7 Å². The van der Waals surface area contributed by atoms with Crippen molar-refractivity contribution in [3.05, 3.63) is 72.8 Å². The van der Waals surface area contributed by atoms with E-state index < -0.39 is 40.1 Å². The standard InChI is InChI=1S/C22H19N5O9S3/c23-17-9-11-18(16-2-1-3-20(22(16)17)38(31,32)33)26-27-19-10-6-14(12-21(19)39(34,35)36)25-24-13-4-7-15(8-5-13)37(28,29)30/h1-12,24-25H,23H2,(H,28,29,30)(H,31,32,33)(H,34,35,36)/b27-26+. The number of nitrogens with one attached hydrogen (secondary N) is 2. The number of nitrogens with zero attached hydrogens (tertiary/aromatic N) is 2. The molecule has 0 aliphatic rings. The molecule has 17 heteroatoms. The SMILES string of the molecule is Nc1ccc(/N=N/c2ccc(NNc3ccc(S(=O)(=O)O)cc3)cc2S(=O)(=O)O)c2cccc(S(=O)(=O)O)c12. The van der Waals surface area contributed by atoms with E-state index in [4.69, 9.17) is 10.3 Å². The Balaban J connectivity index is 1.66. The van der Waals surface area contributed by atoms with E-state index in [1.165, 1.54) is 48.5 Å². The van der Waals surface area contributed by atoms with E-state index in [0.29, 0.717) is 5.69 Å². The Kier molecular flexibility index (Phi) is 7.30.